The predicted molar refractivity (Wildman–Crippen MR) is 125 cm³/mol. The molecule has 0 bridgehead atoms. The third-order valence-electron chi connectivity index (χ3n) is 4.84. The van der Waals surface area contributed by atoms with E-state index in [1.807, 2.05) is 38.1 Å². The molecule has 0 saturated heterocycles. The summed E-state index contributed by atoms with van der Waals surface area (Å²) in [6.45, 7) is 6.57. The Kier molecular flexibility index (Phi) is 5.86. The smallest absolute Gasteiger partial charge is 0.337 e. The molecule has 0 atom stereocenters. The fourth-order valence-corrected chi connectivity index (χ4v) is 4.61. The van der Waals surface area contributed by atoms with Gasteiger partial charge >= 0.3 is 5.97 Å². The summed E-state index contributed by atoms with van der Waals surface area (Å²) >= 11 is 1.64. The lowest BCUT2D eigenvalue weighted by atomic mass is 10.0. The maximum atomic E-state index is 11.9. The monoisotopic (exact) mass is 433 g/mol. The number of aromatic nitrogens is 2. The molecule has 31 heavy (non-hydrogen) atoms. The van der Waals surface area contributed by atoms with Gasteiger partial charge in [-0.3, -0.25) is 0 Å². The Morgan fingerprint density at radius 3 is 2.58 bits per heavy atom. The van der Waals surface area contributed by atoms with Crippen LogP contribution >= 0.6 is 11.3 Å². The van der Waals surface area contributed by atoms with Crippen LogP contribution in [0.1, 0.15) is 28.0 Å². The van der Waals surface area contributed by atoms with Crippen molar-refractivity contribution in [1.82, 2.24) is 9.97 Å². The summed E-state index contributed by atoms with van der Waals surface area (Å²) in [5, 5.41) is 4.34. The first kappa shape index (κ1) is 20.8. The fraction of sp³-hybridized carbons (Fsp3) is 0.208. The van der Waals surface area contributed by atoms with Crippen molar-refractivity contribution < 1.29 is 14.3 Å². The van der Waals surface area contributed by atoms with Crippen LogP contribution in [0.5, 0.6) is 5.75 Å². The molecule has 7 heteroatoms. The van der Waals surface area contributed by atoms with Crippen molar-refractivity contribution in [3.63, 3.8) is 0 Å². The van der Waals surface area contributed by atoms with Gasteiger partial charge in [-0.25, -0.2) is 14.8 Å². The predicted octanol–water partition coefficient (Wildman–Crippen LogP) is 5.90. The number of hydrogen-bond donors (Lipinski definition) is 1. The van der Waals surface area contributed by atoms with Gasteiger partial charge in [0, 0.05) is 16.1 Å². The van der Waals surface area contributed by atoms with E-state index >= 15 is 0 Å². The minimum Gasteiger partial charge on any atom is -0.494 e. The first-order valence-electron chi connectivity index (χ1n) is 9.96. The largest absolute Gasteiger partial charge is 0.494 e. The minimum atomic E-state index is -0.380. The molecule has 0 aliphatic carbocycles. The number of fused-ring (bicyclic) bond motifs is 1. The van der Waals surface area contributed by atoms with Crippen LogP contribution < -0.4 is 10.1 Å². The van der Waals surface area contributed by atoms with Crippen molar-refractivity contribution in [3.8, 4) is 16.9 Å². The summed E-state index contributed by atoms with van der Waals surface area (Å²) in [6.07, 6.45) is 0. The van der Waals surface area contributed by atoms with E-state index in [2.05, 4.69) is 34.3 Å². The lowest BCUT2D eigenvalue weighted by molar-refractivity contribution is 0.0601. The normalized spacial score (nSPS) is 10.8. The molecule has 2 aromatic heterocycles. The fourth-order valence-electron chi connectivity index (χ4n) is 3.52. The summed E-state index contributed by atoms with van der Waals surface area (Å²) in [5.74, 6) is 1.85. The lowest BCUT2D eigenvalue weighted by Crippen LogP contribution is -2.03. The van der Waals surface area contributed by atoms with E-state index in [0.717, 1.165) is 37.7 Å². The van der Waals surface area contributed by atoms with Crippen molar-refractivity contribution in [2.24, 2.45) is 0 Å². The van der Waals surface area contributed by atoms with Gasteiger partial charge in [-0.2, -0.15) is 0 Å². The average molecular weight is 434 g/mol. The maximum absolute atomic E-state index is 11.9. The molecule has 4 aromatic rings. The number of thiophene rings is 1. The Balaban J connectivity index is 1.82. The summed E-state index contributed by atoms with van der Waals surface area (Å²) in [7, 11) is 1.37. The number of benzene rings is 2. The van der Waals surface area contributed by atoms with Gasteiger partial charge in [0.05, 0.1) is 24.7 Å². The zero-order chi connectivity index (χ0) is 22.0. The molecule has 0 amide bonds. The highest BCUT2D eigenvalue weighted by Crippen LogP contribution is 2.41. The van der Waals surface area contributed by atoms with Gasteiger partial charge in [0.2, 0.25) is 0 Å². The zero-order valence-electron chi connectivity index (χ0n) is 17.9. The number of carbonyl (C=O) groups is 1. The van der Waals surface area contributed by atoms with Gasteiger partial charge in [0.25, 0.3) is 0 Å². The van der Waals surface area contributed by atoms with Crippen molar-refractivity contribution in [2.45, 2.75) is 20.8 Å². The molecule has 0 spiro atoms. The highest BCUT2D eigenvalue weighted by Gasteiger charge is 2.18. The molecule has 0 radical (unpaired) electrons. The second kappa shape index (κ2) is 8.73. The van der Waals surface area contributed by atoms with E-state index in [1.165, 1.54) is 7.11 Å². The van der Waals surface area contributed by atoms with Crippen LogP contribution in [0, 0.1) is 13.8 Å². The SMILES string of the molecule is CCOc1ccc(-c2c(C)sc3nc(C)nc(Nc4cccc(C(=O)OC)c4)c23)cc1. The number of aryl methyl sites for hydroxylation is 2. The number of nitrogens with zero attached hydrogens (tertiary/aromatic N) is 2. The molecular weight excluding hydrogens is 410 g/mol. The van der Waals surface area contributed by atoms with Crippen LogP contribution in [0.4, 0.5) is 11.5 Å². The van der Waals surface area contributed by atoms with Crippen molar-refractivity contribution in [1.29, 1.82) is 0 Å². The number of carbonyl (C=O) groups excluding carboxylic acids is 1. The Bertz CT molecular complexity index is 1250. The Morgan fingerprint density at radius 1 is 1.10 bits per heavy atom. The standard InChI is InChI=1S/C24H23N3O3S/c1-5-30-19-11-9-16(10-12-19)20-14(2)31-23-21(20)22(25-15(3)26-23)27-18-8-6-7-17(13-18)24(28)29-4/h6-13H,5H2,1-4H3,(H,25,26,27). The van der Waals surface area contributed by atoms with E-state index in [4.69, 9.17) is 9.47 Å². The van der Waals surface area contributed by atoms with Crippen LogP contribution in [-0.4, -0.2) is 29.7 Å². The molecule has 2 aromatic carbocycles. The molecule has 158 valence electrons. The van der Waals surface area contributed by atoms with Crippen molar-refractivity contribution in [2.75, 3.05) is 19.0 Å². The number of methoxy groups -OCH3 is 1. The third-order valence-corrected chi connectivity index (χ3v) is 5.84. The zero-order valence-corrected chi connectivity index (χ0v) is 18.7. The molecule has 1 N–H and O–H groups in total. The average Bonchev–Trinajstić information content (AvgIpc) is 3.10. The van der Waals surface area contributed by atoms with E-state index in [9.17, 15) is 4.79 Å². The second-order valence-corrected chi connectivity index (χ2v) is 8.19. The number of rotatable bonds is 6. The van der Waals surface area contributed by atoms with E-state index in [-0.39, 0.29) is 5.97 Å². The van der Waals surface area contributed by atoms with Crippen LogP contribution in [0.2, 0.25) is 0 Å². The summed E-state index contributed by atoms with van der Waals surface area (Å²) in [5.41, 5.74) is 3.40. The highest BCUT2D eigenvalue weighted by molar-refractivity contribution is 7.19. The molecule has 2 heterocycles. The number of hydrogen-bond acceptors (Lipinski definition) is 7. The molecule has 0 aliphatic heterocycles. The van der Waals surface area contributed by atoms with Gasteiger partial charge < -0.3 is 14.8 Å². The lowest BCUT2D eigenvalue weighted by Gasteiger charge is -2.11. The Hall–Kier alpha value is -3.45. The topological polar surface area (TPSA) is 73.3 Å². The molecule has 4 rings (SSSR count). The van der Waals surface area contributed by atoms with Gasteiger partial charge in [0.15, 0.2) is 0 Å². The molecule has 0 aliphatic rings. The van der Waals surface area contributed by atoms with Crippen LogP contribution in [0.3, 0.4) is 0 Å². The molecule has 6 nitrogen and oxygen atoms in total. The summed E-state index contributed by atoms with van der Waals surface area (Å²) in [6, 6.07) is 15.2. The van der Waals surface area contributed by atoms with Gasteiger partial charge in [-0.05, 0) is 56.7 Å². The van der Waals surface area contributed by atoms with Crippen LogP contribution in [0.15, 0.2) is 48.5 Å². The summed E-state index contributed by atoms with van der Waals surface area (Å²) in [4.78, 5) is 23.3. The van der Waals surface area contributed by atoms with Gasteiger partial charge in [-0.1, -0.05) is 18.2 Å². The number of anilines is 2. The van der Waals surface area contributed by atoms with Crippen LogP contribution in [0.25, 0.3) is 21.3 Å². The number of nitrogens with one attached hydrogen (secondary N) is 1. The summed E-state index contributed by atoms with van der Waals surface area (Å²) < 4.78 is 10.4. The molecule has 0 unspecified atom stereocenters. The number of ether oxygens (including phenoxy) is 2. The van der Waals surface area contributed by atoms with Crippen molar-refractivity contribution in [3.05, 3.63) is 64.8 Å². The van der Waals surface area contributed by atoms with E-state index < -0.39 is 0 Å². The van der Waals surface area contributed by atoms with E-state index in [1.54, 1.807) is 23.5 Å². The first-order chi connectivity index (χ1) is 15.0. The van der Waals surface area contributed by atoms with Crippen molar-refractivity contribution >= 4 is 39.0 Å². The maximum Gasteiger partial charge on any atom is 0.337 e. The molecule has 0 saturated carbocycles. The quantitative estimate of drug-likeness (QED) is 0.381. The van der Waals surface area contributed by atoms with Gasteiger partial charge in [0.1, 0.15) is 22.2 Å². The Labute approximate surface area is 184 Å². The Morgan fingerprint density at radius 2 is 1.87 bits per heavy atom. The number of esters is 1. The second-order valence-electron chi connectivity index (χ2n) is 6.99. The third kappa shape index (κ3) is 4.22. The van der Waals surface area contributed by atoms with Gasteiger partial charge in [-0.15, -0.1) is 11.3 Å². The van der Waals surface area contributed by atoms with E-state index in [0.29, 0.717) is 23.8 Å². The first-order valence-corrected chi connectivity index (χ1v) is 10.8. The van der Waals surface area contributed by atoms with Crippen LogP contribution in [-0.2, 0) is 4.74 Å². The minimum absolute atomic E-state index is 0.380. The molecule has 0 fully saturated rings. The molecular formula is C24H23N3O3S. The highest BCUT2D eigenvalue weighted by atomic mass is 32.1.